The van der Waals surface area contributed by atoms with Gasteiger partial charge in [-0.3, -0.25) is 4.72 Å². The van der Waals surface area contributed by atoms with Gasteiger partial charge >= 0.3 is 0 Å². The van der Waals surface area contributed by atoms with Crippen LogP contribution in [-0.2, 0) is 24.8 Å². The molecule has 1 aliphatic rings. The van der Waals surface area contributed by atoms with Crippen molar-refractivity contribution in [1.82, 2.24) is 4.31 Å². The number of morpholine rings is 1. The first-order valence-corrected chi connectivity index (χ1v) is 14.5. The molecule has 1 heterocycles. The molecule has 0 radical (unpaired) electrons. The summed E-state index contributed by atoms with van der Waals surface area (Å²) in [5, 5.41) is 6.72. The van der Waals surface area contributed by atoms with E-state index in [2.05, 4.69) is 15.4 Å². The number of thiocarbonyl (C=S) groups is 1. The molecule has 1 aliphatic heterocycles. The van der Waals surface area contributed by atoms with Crippen molar-refractivity contribution in [2.45, 2.75) is 9.79 Å². The summed E-state index contributed by atoms with van der Waals surface area (Å²) in [7, 11) is -7.35. The highest BCUT2D eigenvalue weighted by molar-refractivity contribution is 7.92. The number of ether oxygens (including phenoxy) is 1. The lowest BCUT2D eigenvalue weighted by Crippen LogP contribution is -2.40. The monoisotopic (exact) mass is 566 g/mol. The maximum Gasteiger partial charge on any atom is 0.261 e. The van der Waals surface area contributed by atoms with Crippen LogP contribution in [0.5, 0.6) is 0 Å². The van der Waals surface area contributed by atoms with Gasteiger partial charge < -0.3 is 15.4 Å². The van der Waals surface area contributed by atoms with E-state index in [0.717, 1.165) is 0 Å². The molecule has 0 spiro atoms. The second-order valence-corrected chi connectivity index (χ2v) is 12.2. The van der Waals surface area contributed by atoms with Gasteiger partial charge in [-0.25, -0.2) is 16.8 Å². The predicted octanol–water partition coefficient (Wildman–Crippen LogP) is 3.97. The first kappa shape index (κ1) is 26.3. The molecule has 0 aliphatic carbocycles. The molecule has 3 N–H and O–H groups in total. The Labute approximate surface area is 220 Å². The molecular formula is C23H23ClN4O5S3. The van der Waals surface area contributed by atoms with Crippen LogP contribution >= 0.6 is 23.8 Å². The van der Waals surface area contributed by atoms with Crippen molar-refractivity contribution >= 4 is 66.0 Å². The molecule has 1 fully saturated rings. The number of sulfonamides is 2. The first-order valence-electron chi connectivity index (χ1n) is 10.8. The summed E-state index contributed by atoms with van der Waals surface area (Å²) in [6.45, 7) is 1.41. The normalized spacial score (nSPS) is 14.7. The van der Waals surface area contributed by atoms with Crippen molar-refractivity contribution in [2.75, 3.05) is 41.7 Å². The van der Waals surface area contributed by atoms with Crippen LogP contribution in [0.4, 0.5) is 17.1 Å². The molecule has 0 unspecified atom stereocenters. The molecular weight excluding hydrogens is 544 g/mol. The summed E-state index contributed by atoms with van der Waals surface area (Å²) in [5.74, 6) is 0. The molecule has 13 heteroatoms. The number of hydrogen-bond donors (Lipinski definition) is 3. The van der Waals surface area contributed by atoms with Crippen molar-refractivity contribution in [3.63, 3.8) is 0 Å². The van der Waals surface area contributed by atoms with Crippen LogP contribution in [0, 0.1) is 0 Å². The van der Waals surface area contributed by atoms with E-state index in [4.69, 9.17) is 28.6 Å². The second kappa shape index (κ2) is 11.1. The van der Waals surface area contributed by atoms with Crippen LogP contribution in [0.15, 0.2) is 82.6 Å². The number of benzene rings is 3. The summed E-state index contributed by atoms with van der Waals surface area (Å²) in [6, 6.07) is 18.7. The molecule has 3 aromatic rings. The van der Waals surface area contributed by atoms with Crippen LogP contribution in [-0.4, -0.2) is 52.6 Å². The lowest BCUT2D eigenvalue weighted by atomic mass is 10.3. The fourth-order valence-electron chi connectivity index (χ4n) is 3.39. The number of nitrogens with zero attached hydrogens (tertiary/aromatic N) is 1. The Hall–Kier alpha value is -2.74. The highest BCUT2D eigenvalue weighted by atomic mass is 35.5. The minimum atomic E-state index is -3.77. The molecule has 0 aromatic heterocycles. The molecule has 36 heavy (non-hydrogen) atoms. The van der Waals surface area contributed by atoms with E-state index in [1.165, 1.54) is 28.6 Å². The van der Waals surface area contributed by atoms with Crippen molar-refractivity contribution in [2.24, 2.45) is 0 Å². The Bertz CT molecular complexity index is 1420. The highest BCUT2D eigenvalue weighted by Crippen LogP contribution is 2.22. The van der Waals surface area contributed by atoms with E-state index in [1.54, 1.807) is 48.5 Å². The average molecular weight is 567 g/mol. The van der Waals surface area contributed by atoms with Gasteiger partial charge in [0.25, 0.3) is 10.0 Å². The smallest absolute Gasteiger partial charge is 0.261 e. The standard InChI is InChI=1S/C23H23ClN4O5S3/c24-17-1-3-20(4-2-17)27-35(29,30)21-9-5-18(6-10-21)25-23(34)26-19-7-11-22(12-8-19)36(31,32)28-13-15-33-16-14-28/h1-12,27H,13-16H2,(H2,25,26,34). The van der Waals surface area contributed by atoms with Crippen LogP contribution in [0.3, 0.4) is 0 Å². The maximum atomic E-state index is 12.7. The Morgan fingerprint density at radius 3 is 1.75 bits per heavy atom. The third-order valence-electron chi connectivity index (χ3n) is 5.24. The van der Waals surface area contributed by atoms with E-state index in [1.807, 2.05) is 0 Å². The number of rotatable bonds is 7. The second-order valence-electron chi connectivity index (χ2n) is 7.76. The van der Waals surface area contributed by atoms with Gasteiger partial charge in [-0.05, 0) is 85.0 Å². The molecule has 4 rings (SSSR count). The average Bonchev–Trinajstić information content (AvgIpc) is 2.86. The van der Waals surface area contributed by atoms with Crippen LogP contribution in [0.2, 0.25) is 5.02 Å². The van der Waals surface area contributed by atoms with E-state index in [9.17, 15) is 16.8 Å². The van der Waals surface area contributed by atoms with E-state index >= 15 is 0 Å². The Morgan fingerprint density at radius 1 is 0.750 bits per heavy atom. The van der Waals surface area contributed by atoms with Crippen LogP contribution in [0.25, 0.3) is 0 Å². The van der Waals surface area contributed by atoms with E-state index in [-0.39, 0.29) is 14.9 Å². The Balaban J connectivity index is 1.35. The van der Waals surface area contributed by atoms with Gasteiger partial charge in [0.2, 0.25) is 10.0 Å². The zero-order valence-corrected chi connectivity index (χ0v) is 22.1. The predicted molar refractivity (Wildman–Crippen MR) is 145 cm³/mol. The van der Waals surface area contributed by atoms with Crippen molar-refractivity contribution in [1.29, 1.82) is 0 Å². The van der Waals surface area contributed by atoms with Crippen LogP contribution in [0.1, 0.15) is 0 Å². The van der Waals surface area contributed by atoms with Gasteiger partial charge in [-0.15, -0.1) is 0 Å². The molecule has 0 amide bonds. The zero-order valence-electron chi connectivity index (χ0n) is 18.8. The number of hydrogen-bond acceptors (Lipinski definition) is 6. The third kappa shape index (κ3) is 6.52. The minimum absolute atomic E-state index is 0.0824. The van der Waals surface area contributed by atoms with Crippen LogP contribution < -0.4 is 15.4 Å². The SMILES string of the molecule is O=S(=O)(Nc1ccc(Cl)cc1)c1ccc(NC(=S)Nc2ccc(S(=O)(=O)N3CCOCC3)cc2)cc1. The maximum absolute atomic E-state index is 12.7. The summed E-state index contributed by atoms with van der Waals surface area (Å²) in [5.41, 5.74) is 1.57. The fourth-order valence-corrected chi connectivity index (χ4v) is 6.22. The summed E-state index contributed by atoms with van der Waals surface area (Å²) in [4.78, 5) is 0.275. The molecule has 0 bridgehead atoms. The van der Waals surface area contributed by atoms with Gasteiger partial charge in [-0.2, -0.15) is 4.31 Å². The summed E-state index contributed by atoms with van der Waals surface area (Å²) < 4.78 is 59.8. The molecule has 0 saturated carbocycles. The van der Waals surface area contributed by atoms with Gasteiger partial charge in [0.15, 0.2) is 5.11 Å². The largest absolute Gasteiger partial charge is 0.379 e. The lowest BCUT2D eigenvalue weighted by molar-refractivity contribution is 0.0730. The van der Waals surface area contributed by atoms with Gasteiger partial charge in [-0.1, -0.05) is 11.6 Å². The molecule has 9 nitrogen and oxygen atoms in total. The zero-order chi connectivity index (χ0) is 25.8. The summed E-state index contributed by atoms with van der Waals surface area (Å²) >= 11 is 11.2. The molecule has 190 valence electrons. The Morgan fingerprint density at radius 2 is 1.22 bits per heavy atom. The van der Waals surface area contributed by atoms with E-state index < -0.39 is 20.0 Å². The number of nitrogens with one attached hydrogen (secondary N) is 3. The van der Waals surface area contributed by atoms with Gasteiger partial charge in [0.05, 0.1) is 23.0 Å². The van der Waals surface area contributed by atoms with Gasteiger partial charge in [0, 0.05) is 35.2 Å². The molecule has 1 saturated heterocycles. The fraction of sp³-hybridized carbons (Fsp3) is 0.174. The summed E-state index contributed by atoms with van der Waals surface area (Å²) in [6.07, 6.45) is 0. The van der Waals surface area contributed by atoms with Gasteiger partial charge in [0.1, 0.15) is 0 Å². The number of anilines is 3. The van der Waals surface area contributed by atoms with E-state index in [0.29, 0.717) is 48.4 Å². The first-order chi connectivity index (χ1) is 17.1. The van der Waals surface area contributed by atoms with Crippen molar-refractivity contribution < 1.29 is 21.6 Å². The topological polar surface area (TPSA) is 117 Å². The lowest BCUT2D eigenvalue weighted by Gasteiger charge is -2.26. The Kier molecular flexibility index (Phi) is 8.13. The molecule has 3 aromatic carbocycles. The minimum Gasteiger partial charge on any atom is -0.379 e. The van der Waals surface area contributed by atoms with Crippen molar-refractivity contribution in [3.05, 3.63) is 77.8 Å². The number of halogens is 1. The third-order valence-corrected chi connectivity index (χ3v) is 9.01. The van der Waals surface area contributed by atoms with Crippen molar-refractivity contribution in [3.8, 4) is 0 Å². The highest BCUT2D eigenvalue weighted by Gasteiger charge is 2.26. The quantitative estimate of drug-likeness (QED) is 0.368. The molecule has 0 atom stereocenters.